The number of hydrogen-bond donors (Lipinski definition) is 2. The number of nitrogens with zero attached hydrogens (tertiary/aromatic N) is 2. The zero-order valence-corrected chi connectivity index (χ0v) is 20.9. The number of fused-ring (bicyclic) bond motifs is 1. The Morgan fingerprint density at radius 1 is 0.919 bits per heavy atom. The molecule has 37 heavy (non-hydrogen) atoms. The molecular weight excluding hydrogens is 466 g/mol. The highest BCUT2D eigenvalue weighted by Crippen LogP contribution is 2.43. The molecule has 192 valence electrons. The van der Waals surface area contributed by atoms with E-state index in [0.29, 0.717) is 31.9 Å². The van der Waals surface area contributed by atoms with Gasteiger partial charge in [0.1, 0.15) is 0 Å². The lowest BCUT2D eigenvalue weighted by Gasteiger charge is -2.42. The number of aliphatic hydroxyl groups is 1. The fourth-order valence-electron chi connectivity index (χ4n) is 5.29. The number of hydrogen-bond acceptors (Lipinski definition) is 5. The third kappa shape index (κ3) is 5.59. The number of morpholine rings is 1. The topological polar surface area (TPSA) is 82.1 Å². The van der Waals surface area contributed by atoms with Crippen molar-refractivity contribution in [2.45, 2.75) is 25.1 Å². The molecule has 7 heteroatoms. The molecule has 0 saturated carbocycles. The summed E-state index contributed by atoms with van der Waals surface area (Å²) < 4.78 is 5.43. The Labute approximate surface area is 217 Å². The monoisotopic (exact) mass is 499 g/mol. The first kappa shape index (κ1) is 25.1. The second-order valence-electron chi connectivity index (χ2n) is 9.57. The number of ether oxygens (including phenoxy) is 1. The summed E-state index contributed by atoms with van der Waals surface area (Å²) >= 11 is 0. The Kier molecular flexibility index (Phi) is 7.94. The molecule has 2 N–H and O–H groups in total. The maximum absolute atomic E-state index is 13.9. The van der Waals surface area contributed by atoms with Gasteiger partial charge in [0.05, 0.1) is 31.8 Å². The van der Waals surface area contributed by atoms with Crippen molar-refractivity contribution < 1.29 is 19.4 Å². The van der Waals surface area contributed by atoms with Crippen LogP contribution in [0.4, 0.5) is 0 Å². The number of benzene rings is 3. The number of nitrogens with one attached hydrogen (secondary N) is 1. The van der Waals surface area contributed by atoms with Crippen molar-refractivity contribution in [3.8, 4) is 0 Å². The Hall–Kier alpha value is -3.52. The summed E-state index contributed by atoms with van der Waals surface area (Å²) in [6.45, 7) is 4.76. The minimum atomic E-state index is -0.567. The number of rotatable bonds is 8. The van der Waals surface area contributed by atoms with Gasteiger partial charge in [-0.25, -0.2) is 0 Å². The highest BCUT2D eigenvalue weighted by molar-refractivity contribution is 6.01. The average Bonchev–Trinajstić information content (AvgIpc) is 2.95. The van der Waals surface area contributed by atoms with Crippen molar-refractivity contribution >= 4 is 11.8 Å². The van der Waals surface area contributed by atoms with Gasteiger partial charge in [0.25, 0.3) is 5.91 Å². The van der Waals surface area contributed by atoms with E-state index in [9.17, 15) is 14.7 Å². The lowest BCUT2D eigenvalue weighted by Crippen LogP contribution is -2.48. The smallest absolute Gasteiger partial charge is 0.255 e. The molecule has 5 rings (SSSR count). The van der Waals surface area contributed by atoms with Gasteiger partial charge in [0, 0.05) is 38.3 Å². The first-order chi connectivity index (χ1) is 18.2. The van der Waals surface area contributed by atoms with Crippen molar-refractivity contribution in [1.82, 2.24) is 15.1 Å². The highest BCUT2D eigenvalue weighted by atomic mass is 16.5. The molecule has 3 aromatic rings. The van der Waals surface area contributed by atoms with E-state index >= 15 is 0 Å². The van der Waals surface area contributed by atoms with Crippen LogP contribution in [0.1, 0.15) is 44.6 Å². The first-order valence-corrected chi connectivity index (χ1v) is 12.9. The van der Waals surface area contributed by atoms with E-state index in [-0.39, 0.29) is 18.4 Å². The molecule has 0 bridgehead atoms. The quantitative estimate of drug-likeness (QED) is 0.498. The molecule has 1 fully saturated rings. The highest BCUT2D eigenvalue weighted by Gasteiger charge is 2.44. The Bertz CT molecular complexity index is 1210. The predicted molar refractivity (Wildman–Crippen MR) is 141 cm³/mol. The van der Waals surface area contributed by atoms with Crippen LogP contribution in [0.25, 0.3) is 0 Å². The third-order valence-corrected chi connectivity index (χ3v) is 7.25. The lowest BCUT2D eigenvalue weighted by atomic mass is 9.78. The van der Waals surface area contributed by atoms with Crippen LogP contribution in [-0.2, 0) is 22.7 Å². The van der Waals surface area contributed by atoms with Crippen molar-refractivity contribution in [2.24, 2.45) is 0 Å². The summed E-state index contributed by atoms with van der Waals surface area (Å²) in [5.41, 5.74) is 3.96. The summed E-state index contributed by atoms with van der Waals surface area (Å²) in [5.74, 6) is -0.752. The average molecular weight is 500 g/mol. The van der Waals surface area contributed by atoms with Crippen LogP contribution in [0.15, 0.2) is 78.9 Å². The van der Waals surface area contributed by atoms with E-state index in [1.807, 2.05) is 83.8 Å². The standard InChI is InChI=1S/C30H33N3O4/c34-21-23-10-12-24(13-11-23)28-27(29(35)31-14-15-32-16-18-37-19-17-32)25-8-4-5-9-26(25)30(36)33(28)20-22-6-2-1-3-7-22/h1-13,27-28,34H,14-21H2,(H,31,35)/t27-,28+/m1/s1. The number of carbonyl (C=O) groups excluding carboxylic acids is 2. The van der Waals surface area contributed by atoms with Crippen LogP contribution in [0.2, 0.25) is 0 Å². The van der Waals surface area contributed by atoms with E-state index in [4.69, 9.17) is 4.74 Å². The summed E-state index contributed by atoms with van der Waals surface area (Å²) in [6.07, 6.45) is 0. The molecule has 7 nitrogen and oxygen atoms in total. The lowest BCUT2D eigenvalue weighted by molar-refractivity contribution is -0.124. The van der Waals surface area contributed by atoms with E-state index in [1.165, 1.54) is 0 Å². The molecule has 0 aliphatic carbocycles. The van der Waals surface area contributed by atoms with Gasteiger partial charge >= 0.3 is 0 Å². The zero-order valence-electron chi connectivity index (χ0n) is 20.9. The molecular formula is C30H33N3O4. The second kappa shape index (κ2) is 11.7. The van der Waals surface area contributed by atoms with Crippen LogP contribution in [0.3, 0.4) is 0 Å². The van der Waals surface area contributed by atoms with Crippen molar-refractivity contribution in [3.63, 3.8) is 0 Å². The van der Waals surface area contributed by atoms with Gasteiger partial charge in [-0.05, 0) is 28.3 Å². The Morgan fingerprint density at radius 3 is 2.35 bits per heavy atom. The van der Waals surface area contributed by atoms with Crippen LogP contribution in [0, 0.1) is 0 Å². The van der Waals surface area contributed by atoms with Crippen LogP contribution >= 0.6 is 0 Å². The number of carbonyl (C=O) groups is 2. The molecule has 0 spiro atoms. The van der Waals surface area contributed by atoms with Gasteiger partial charge in [-0.2, -0.15) is 0 Å². The van der Waals surface area contributed by atoms with Crippen molar-refractivity contribution in [3.05, 3.63) is 107 Å². The fraction of sp³-hybridized carbons (Fsp3) is 0.333. The molecule has 0 unspecified atom stereocenters. The molecule has 0 radical (unpaired) electrons. The summed E-state index contributed by atoms with van der Waals surface area (Å²) in [4.78, 5) is 31.8. The fourth-order valence-corrected chi connectivity index (χ4v) is 5.29. The molecule has 2 aliphatic rings. The molecule has 0 aromatic heterocycles. The van der Waals surface area contributed by atoms with E-state index in [1.54, 1.807) is 0 Å². The molecule has 2 amide bonds. The molecule has 2 aliphatic heterocycles. The third-order valence-electron chi connectivity index (χ3n) is 7.25. The Morgan fingerprint density at radius 2 is 1.62 bits per heavy atom. The van der Waals surface area contributed by atoms with Gasteiger partial charge < -0.3 is 20.1 Å². The molecule has 2 atom stereocenters. The largest absolute Gasteiger partial charge is 0.392 e. The summed E-state index contributed by atoms with van der Waals surface area (Å²) in [7, 11) is 0. The maximum Gasteiger partial charge on any atom is 0.255 e. The van der Waals surface area contributed by atoms with E-state index in [0.717, 1.165) is 41.9 Å². The maximum atomic E-state index is 13.9. The van der Waals surface area contributed by atoms with Crippen LogP contribution < -0.4 is 5.32 Å². The number of aliphatic hydroxyl groups excluding tert-OH is 1. The first-order valence-electron chi connectivity index (χ1n) is 12.9. The second-order valence-corrected chi connectivity index (χ2v) is 9.57. The molecule has 1 saturated heterocycles. The number of amides is 2. The summed E-state index contributed by atoms with van der Waals surface area (Å²) in [6, 6.07) is 24.4. The molecule has 2 heterocycles. The normalized spacial score (nSPS) is 19.9. The predicted octanol–water partition coefficient (Wildman–Crippen LogP) is 3.11. The van der Waals surface area contributed by atoms with E-state index in [2.05, 4.69) is 10.2 Å². The van der Waals surface area contributed by atoms with Crippen molar-refractivity contribution in [2.75, 3.05) is 39.4 Å². The van der Waals surface area contributed by atoms with Crippen LogP contribution in [0.5, 0.6) is 0 Å². The summed E-state index contributed by atoms with van der Waals surface area (Å²) in [5, 5.41) is 12.7. The molecule has 3 aromatic carbocycles. The van der Waals surface area contributed by atoms with Crippen molar-refractivity contribution in [1.29, 1.82) is 0 Å². The minimum Gasteiger partial charge on any atom is -0.392 e. The van der Waals surface area contributed by atoms with E-state index < -0.39 is 12.0 Å². The minimum absolute atomic E-state index is 0.0636. The Balaban J connectivity index is 1.50. The van der Waals surface area contributed by atoms with Gasteiger partial charge in [0.15, 0.2) is 0 Å². The zero-order chi connectivity index (χ0) is 25.6. The van der Waals surface area contributed by atoms with Gasteiger partial charge in [-0.3, -0.25) is 14.5 Å². The van der Waals surface area contributed by atoms with Crippen LogP contribution in [-0.4, -0.2) is 66.1 Å². The van der Waals surface area contributed by atoms with Gasteiger partial charge in [-0.1, -0.05) is 72.8 Å². The SMILES string of the molecule is O=C(NCCN1CCOCC1)[C@@H]1c2ccccc2C(=O)N(Cc2ccccc2)[C@H]1c1ccc(CO)cc1. The van der Waals surface area contributed by atoms with Gasteiger partial charge in [0.2, 0.25) is 5.91 Å². The van der Waals surface area contributed by atoms with Gasteiger partial charge in [-0.15, -0.1) is 0 Å².